The van der Waals surface area contributed by atoms with Gasteiger partial charge in [0.25, 0.3) is 0 Å². The van der Waals surface area contributed by atoms with E-state index in [4.69, 9.17) is 16.6 Å². The van der Waals surface area contributed by atoms with E-state index in [-0.39, 0.29) is 0 Å². The van der Waals surface area contributed by atoms with Crippen molar-refractivity contribution in [2.45, 2.75) is 19.0 Å². The fourth-order valence-electron chi connectivity index (χ4n) is 2.87. The predicted molar refractivity (Wildman–Crippen MR) is 88.3 cm³/mol. The third kappa shape index (κ3) is 2.54. The molecule has 2 aliphatic rings. The molecule has 0 N–H and O–H groups in total. The molecule has 3 nitrogen and oxygen atoms in total. The summed E-state index contributed by atoms with van der Waals surface area (Å²) in [5.41, 5.74) is 3.65. The molecule has 1 fully saturated rings. The summed E-state index contributed by atoms with van der Waals surface area (Å²) in [5.74, 6) is 1.10. The Kier molecular flexibility index (Phi) is 3.36. The van der Waals surface area contributed by atoms with Gasteiger partial charge in [-0.15, -0.1) is 0 Å². The minimum atomic E-state index is 0.541. The third-order valence-electron chi connectivity index (χ3n) is 3.93. The van der Waals surface area contributed by atoms with E-state index in [1.54, 1.807) is 12.4 Å². The van der Waals surface area contributed by atoms with Crippen LogP contribution in [0.1, 0.15) is 11.1 Å². The van der Waals surface area contributed by atoms with Gasteiger partial charge in [-0.05, 0) is 41.8 Å². The number of pyridine rings is 1. The van der Waals surface area contributed by atoms with Gasteiger partial charge in [-0.3, -0.25) is 4.98 Å². The molecule has 1 saturated heterocycles. The zero-order valence-electron chi connectivity index (χ0n) is 11.4. The molecule has 2 aromatic rings. The Morgan fingerprint density at radius 1 is 1.29 bits per heavy atom. The first-order valence-electron chi connectivity index (χ1n) is 6.95. The largest absolute Gasteiger partial charge is 0.343 e. The maximum Gasteiger partial charge on any atom is 0.165 e. The van der Waals surface area contributed by atoms with Gasteiger partial charge in [-0.2, -0.15) is 0 Å². The van der Waals surface area contributed by atoms with E-state index in [0.29, 0.717) is 6.04 Å². The molecule has 5 heteroatoms. The number of hydrogen-bond acceptors (Lipinski definition) is 3. The average molecular weight is 316 g/mol. The third-order valence-corrected chi connectivity index (χ3v) is 5.30. The Morgan fingerprint density at radius 2 is 2.24 bits per heavy atom. The molecule has 0 spiro atoms. The van der Waals surface area contributed by atoms with E-state index in [2.05, 4.69) is 22.0 Å². The van der Waals surface area contributed by atoms with Crippen LogP contribution in [-0.2, 0) is 13.0 Å². The second kappa shape index (κ2) is 5.35. The van der Waals surface area contributed by atoms with Gasteiger partial charge in [-0.1, -0.05) is 29.4 Å². The van der Waals surface area contributed by atoms with Crippen molar-refractivity contribution in [2.75, 3.05) is 5.75 Å². The molecule has 3 heterocycles. The Balaban J connectivity index is 1.66. The number of rotatable bonds is 1. The van der Waals surface area contributed by atoms with Gasteiger partial charge in [0.2, 0.25) is 0 Å². The van der Waals surface area contributed by atoms with Gasteiger partial charge in [0.1, 0.15) is 0 Å². The number of hydrogen-bond donors (Lipinski definition) is 0. The molecule has 0 amide bonds. The molecule has 0 bridgehead atoms. The van der Waals surface area contributed by atoms with Gasteiger partial charge in [0.15, 0.2) is 5.17 Å². The summed E-state index contributed by atoms with van der Waals surface area (Å²) in [6.45, 7) is 0.895. The summed E-state index contributed by atoms with van der Waals surface area (Å²) < 4.78 is 0. The maximum absolute atomic E-state index is 6.12. The Labute approximate surface area is 133 Å². The monoisotopic (exact) mass is 315 g/mol. The highest BCUT2D eigenvalue weighted by atomic mass is 35.5. The molecule has 1 aromatic carbocycles. The van der Waals surface area contributed by atoms with E-state index in [1.807, 2.05) is 30.0 Å². The molecule has 4 rings (SSSR count). The van der Waals surface area contributed by atoms with Crippen LogP contribution in [0.25, 0.3) is 0 Å². The zero-order chi connectivity index (χ0) is 14.2. The lowest BCUT2D eigenvalue weighted by molar-refractivity contribution is 0.320. The Hall–Kier alpha value is -1.52. The Bertz CT molecular complexity index is 702. The van der Waals surface area contributed by atoms with Crippen LogP contribution in [0.2, 0.25) is 5.02 Å². The van der Waals surface area contributed by atoms with Gasteiger partial charge >= 0.3 is 0 Å². The Morgan fingerprint density at radius 3 is 3.10 bits per heavy atom. The molecule has 2 aliphatic heterocycles. The van der Waals surface area contributed by atoms with Crippen molar-refractivity contribution in [3.05, 3.63) is 58.9 Å². The maximum atomic E-state index is 6.12. The number of aromatic nitrogens is 1. The second-order valence-electron chi connectivity index (χ2n) is 5.32. The van der Waals surface area contributed by atoms with Crippen LogP contribution in [0.3, 0.4) is 0 Å². The molecule has 106 valence electrons. The van der Waals surface area contributed by atoms with Crippen molar-refractivity contribution in [1.29, 1.82) is 0 Å². The number of halogens is 1. The van der Waals surface area contributed by atoms with Crippen LogP contribution in [0.15, 0.2) is 47.7 Å². The SMILES string of the molecule is Clc1ccc2c(c1)CN1C(=Nc3cccnc3)SC[C@@H]1C2. The van der Waals surface area contributed by atoms with Crippen molar-refractivity contribution in [3.8, 4) is 0 Å². The number of fused-ring (bicyclic) bond motifs is 2. The summed E-state index contributed by atoms with van der Waals surface area (Å²) in [6.07, 6.45) is 4.65. The number of aliphatic imine (C=N–C) groups is 1. The van der Waals surface area contributed by atoms with Crippen molar-refractivity contribution in [2.24, 2.45) is 4.99 Å². The first-order valence-corrected chi connectivity index (χ1v) is 8.31. The van der Waals surface area contributed by atoms with Crippen molar-refractivity contribution in [3.63, 3.8) is 0 Å². The predicted octanol–water partition coefficient (Wildman–Crippen LogP) is 3.90. The summed E-state index contributed by atoms with van der Waals surface area (Å²) in [4.78, 5) is 11.3. The van der Waals surface area contributed by atoms with Crippen LogP contribution in [0.5, 0.6) is 0 Å². The van der Waals surface area contributed by atoms with E-state index in [0.717, 1.165) is 34.6 Å². The average Bonchev–Trinajstić information content (AvgIpc) is 2.88. The molecule has 0 unspecified atom stereocenters. The molecule has 1 atom stereocenters. The molecule has 0 radical (unpaired) electrons. The first-order chi connectivity index (χ1) is 10.3. The topological polar surface area (TPSA) is 28.5 Å². The van der Waals surface area contributed by atoms with Crippen LogP contribution in [-0.4, -0.2) is 26.8 Å². The highest BCUT2D eigenvalue weighted by Crippen LogP contribution is 2.35. The van der Waals surface area contributed by atoms with Crippen LogP contribution < -0.4 is 0 Å². The quantitative estimate of drug-likeness (QED) is 0.799. The van der Waals surface area contributed by atoms with Crippen LogP contribution in [0, 0.1) is 0 Å². The van der Waals surface area contributed by atoms with Crippen molar-refractivity contribution >= 4 is 34.2 Å². The van der Waals surface area contributed by atoms with E-state index in [1.165, 1.54) is 11.1 Å². The number of thioether (sulfide) groups is 1. The molecule has 21 heavy (non-hydrogen) atoms. The standard InChI is InChI=1S/C16H14ClN3S/c17-13-4-3-11-7-15-10-21-16(20(15)9-12(11)6-13)19-14-2-1-5-18-8-14/h1-6,8,15H,7,9-10H2/t15-/m0/s1. The number of benzene rings is 1. The molecule has 0 saturated carbocycles. The molecule has 0 aliphatic carbocycles. The van der Waals surface area contributed by atoms with E-state index in [9.17, 15) is 0 Å². The number of nitrogens with zero attached hydrogens (tertiary/aromatic N) is 3. The summed E-state index contributed by atoms with van der Waals surface area (Å²) in [7, 11) is 0. The van der Waals surface area contributed by atoms with E-state index >= 15 is 0 Å². The van der Waals surface area contributed by atoms with Gasteiger partial charge in [-0.25, -0.2) is 4.99 Å². The summed E-state index contributed by atoms with van der Waals surface area (Å²) in [5, 5.41) is 1.91. The summed E-state index contributed by atoms with van der Waals surface area (Å²) in [6, 6.07) is 10.7. The van der Waals surface area contributed by atoms with Gasteiger partial charge in [0.05, 0.1) is 11.9 Å². The zero-order valence-corrected chi connectivity index (χ0v) is 12.9. The highest BCUT2D eigenvalue weighted by molar-refractivity contribution is 8.14. The lowest BCUT2D eigenvalue weighted by atomic mass is 9.95. The second-order valence-corrected chi connectivity index (χ2v) is 6.74. The normalized spacial score (nSPS) is 22.2. The fourth-order valence-corrected chi connectivity index (χ4v) is 4.25. The van der Waals surface area contributed by atoms with Gasteiger partial charge < -0.3 is 4.90 Å². The van der Waals surface area contributed by atoms with Crippen molar-refractivity contribution in [1.82, 2.24) is 9.88 Å². The first kappa shape index (κ1) is 13.2. The summed E-state index contributed by atoms with van der Waals surface area (Å²) >= 11 is 7.96. The fraction of sp³-hybridized carbons (Fsp3) is 0.250. The molecular weight excluding hydrogens is 302 g/mol. The van der Waals surface area contributed by atoms with E-state index < -0.39 is 0 Å². The highest BCUT2D eigenvalue weighted by Gasteiger charge is 2.34. The van der Waals surface area contributed by atoms with Crippen LogP contribution in [0.4, 0.5) is 5.69 Å². The minimum absolute atomic E-state index is 0.541. The molecule has 1 aromatic heterocycles. The minimum Gasteiger partial charge on any atom is -0.343 e. The molecular formula is C16H14ClN3S. The lowest BCUT2D eigenvalue weighted by Gasteiger charge is -2.32. The van der Waals surface area contributed by atoms with Crippen LogP contribution >= 0.6 is 23.4 Å². The van der Waals surface area contributed by atoms with Crippen molar-refractivity contribution < 1.29 is 0 Å². The number of amidine groups is 1. The van der Waals surface area contributed by atoms with Gasteiger partial charge in [0, 0.05) is 29.6 Å². The smallest absolute Gasteiger partial charge is 0.165 e. The lowest BCUT2D eigenvalue weighted by Crippen LogP contribution is -2.38.